The number of fused-ring (bicyclic) bond motifs is 1. The van der Waals surface area contributed by atoms with Crippen molar-refractivity contribution in [1.82, 2.24) is 15.0 Å². The van der Waals surface area contributed by atoms with Crippen LogP contribution in [0.3, 0.4) is 0 Å². The number of hydrogen-bond donors (Lipinski definition) is 2. The average molecular weight is 505 g/mol. The molecule has 0 unspecified atom stereocenters. The van der Waals surface area contributed by atoms with Crippen molar-refractivity contribution in [1.29, 1.82) is 0 Å². The Morgan fingerprint density at radius 2 is 1.67 bits per heavy atom. The van der Waals surface area contributed by atoms with Gasteiger partial charge in [0.05, 0.1) is 16.9 Å². The van der Waals surface area contributed by atoms with Gasteiger partial charge in [0.1, 0.15) is 0 Å². The minimum absolute atomic E-state index is 0.126. The number of anilines is 2. The van der Waals surface area contributed by atoms with E-state index in [-0.39, 0.29) is 5.56 Å². The largest absolute Gasteiger partial charge is 0.416 e. The molecular formula is C27H19F3N4OS. The molecule has 0 saturated heterocycles. The van der Waals surface area contributed by atoms with E-state index in [1.54, 1.807) is 12.3 Å². The summed E-state index contributed by atoms with van der Waals surface area (Å²) in [6, 6.07) is 23.6. The van der Waals surface area contributed by atoms with Gasteiger partial charge in [0.2, 0.25) is 5.95 Å². The van der Waals surface area contributed by atoms with Gasteiger partial charge in [-0.15, -0.1) is 11.8 Å². The van der Waals surface area contributed by atoms with Crippen LogP contribution in [0.1, 0.15) is 11.1 Å². The number of para-hydroxylation sites is 2. The first-order valence-electron chi connectivity index (χ1n) is 11.0. The predicted molar refractivity (Wildman–Crippen MR) is 136 cm³/mol. The summed E-state index contributed by atoms with van der Waals surface area (Å²) >= 11 is 1.50. The Morgan fingerprint density at radius 1 is 0.917 bits per heavy atom. The predicted octanol–water partition coefficient (Wildman–Crippen LogP) is 7.04. The highest BCUT2D eigenvalue weighted by Crippen LogP contribution is 2.32. The van der Waals surface area contributed by atoms with Gasteiger partial charge in [-0.3, -0.25) is 4.79 Å². The molecule has 5 rings (SSSR count). The monoisotopic (exact) mass is 504 g/mol. The Bertz CT molecular complexity index is 1580. The minimum Gasteiger partial charge on any atom is -0.323 e. The normalized spacial score (nSPS) is 11.5. The highest BCUT2D eigenvalue weighted by atomic mass is 32.2. The topological polar surface area (TPSA) is 70.7 Å². The van der Waals surface area contributed by atoms with Gasteiger partial charge < -0.3 is 10.3 Å². The summed E-state index contributed by atoms with van der Waals surface area (Å²) in [5, 5.41) is 4.16. The molecule has 0 bridgehead atoms. The highest BCUT2D eigenvalue weighted by Gasteiger charge is 2.30. The van der Waals surface area contributed by atoms with Crippen molar-refractivity contribution in [3.05, 3.63) is 113 Å². The molecule has 36 heavy (non-hydrogen) atoms. The van der Waals surface area contributed by atoms with Crippen molar-refractivity contribution in [2.24, 2.45) is 0 Å². The smallest absolute Gasteiger partial charge is 0.323 e. The van der Waals surface area contributed by atoms with Gasteiger partial charge in [0.15, 0.2) is 0 Å². The van der Waals surface area contributed by atoms with E-state index in [2.05, 4.69) is 20.3 Å². The lowest BCUT2D eigenvalue weighted by Gasteiger charge is -2.12. The number of rotatable bonds is 6. The van der Waals surface area contributed by atoms with Crippen LogP contribution in [-0.4, -0.2) is 15.0 Å². The number of H-pyrrole nitrogens is 1. The second kappa shape index (κ2) is 9.87. The average Bonchev–Trinajstić information content (AvgIpc) is 2.88. The van der Waals surface area contributed by atoms with E-state index in [1.165, 1.54) is 23.9 Å². The molecule has 0 amide bonds. The lowest BCUT2D eigenvalue weighted by molar-refractivity contribution is -0.137. The maximum Gasteiger partial charge on any atom is 0.416 e. The molecule has 180 valence electrons. The van der Waals surface area contributed by atoms with Gasteiger partial charge in [-0.25, -0.2) is 9.97 Å². The van der Waals surface area contributed by atoms with Gasteiger partial charge in [-0.2, -0.15) is 13.2 Å². The Hall–Kier alpha value is -4.11. The summed E-state index contributed by atoms with van der Waals surface area (Å²) in [5.74, 6) is 0.773. The van der Waals surface area contributed by atoms with Crippen LogP contribution in [0, 0.1) is 0 Å². The summed E-state index contributed by atoms with van der Waals surface area (Å²) in [7, 11) is 0. The molecular weight excluding hydrogens is 485 g/mol. The molecule has 0 aliphatic rings. The van der Waals surface area contributed by atoms with Gasteiger partial charge in [0.25, 0.3) is 5.56 Å². The number of halogens is 3. The van der Waals surface area contributed by atoms with E-state index in [1.807, 2.05) is 54.6 Å². The van der Waals surface area contributed by atoms with Crippen molar-refractivity contribution >= 4 is 34.3 Å². The second-order valence-electron chi connectivity index (χ2n) is 7.96. The number of benzene rings is 3. The Morgan fingerprint density at radius 3 is 2.47 bits per heavy atom. The first-order chi connectivity index (χ1) is 17.4. The van der Waals surface area contributed by atoms with E-state index >= 15 is 0 Å². The Labute approximate surface area is 208 Å². The van der Waals surface area contributed by atoms with Crippen LogP contribution < -0.4 is 10.9 Å². The van der Waals surface area contributed by atoms with Crippen LogP contribution in [0.2, 0.25) is 0 Å². The fourth-order valence-electron chi connectivity index (χ4n) is 3.68. The van der Waals surface area contributed by atoms with Crippen molar-refractivity contribution < 1.29 is 13.2 Å². The summed E-state index contributed by atoms with van der Waals surface area (Å²) in [6.07, 6.45) is -2.84. The quantitative estimate of drug-likeness (QED) is 0.243. The maximum atomic E-state index is 12.9. The molecule has 2 heterocycles. The molecule has 0 radical (unpaired) electrons. The lowest BCUT2D eigenvalue weighted by Crippen LogP contribution is -2.11. The van der Waals surface area contributed by atoms with E-state index in [0.29, 0.717) is 28.5 Å². The highest BCUT2D eigenvalue weighted by molar-refractivity contribution is 7.98. The molecule has 2 aromatic heterocycles. The van der Waals surface area contributed by atoms with Gasteiger partial charge >= 0.3 is 6.18 Å². The number of pyridine rings is 1. The van der Waals surface area contributed by atoms with Crippen LogP contribution in [0.25, 0.3) is 22.2 Å². The SMILES string of the molecule is O=c1[nH]c2ccccc2cc1CSc1ccccc1Nc1nccc(-c2ccc(C(F)(F)F)cc2)n1. The van der Waals surface area contributed by atoms with Crippen molar-refractivity contribution in [2.45, 2.75) is 16.8 Å². The molecule has 2 N–H and O–H groups in total. The van der Waals surface area contributed by atoms with Crippen LogP contribution >= 0.6 is 11.8 Å². The molecule has 0 aliphatic heterocycles. The van der Waals surface area contributed by atoms with Gasteiger partial charge in [-0.05, 0) is 47.9 Å². The molecule has 5 nitrogen and oxygen atoms in total. The number of hydrogen-bond acceptors (Lipinski definition) is 5. The number of thioether (sulfide) groups is 1. The molecule has 9 heteroatoms. The van der Waals surface area contributed by atoms with Crippen molar-refractivity contribution in [3.8, 4) is 11.3 Å². The van der Waals surface area contributed by atoms with Crippen molar-refractivity contribution in [3.63, 3.8) is 0 Å². The molecule has 0 spiro atoms. The number of aromatic nitrogens is 3. The van der Waals surface area contributed by atoms with Gasteiger partial charge in [0, 0.05) is 33.5 Å². The second-order valence-corrected chi connectivity index (χ2v) is 8.98. The first kappa shape index (κ1) is 23.6. The van der Waals surface area contributed by atoms with Crippen molar-refractivity contribution in [2.75, 3.05) is 5.32 Å². The Kier molecular flexibility index (Phi) is 6.47. The number of nitrogens with zero attached hydrogens (tertiary/aromatic N) is 2. The summed E-state index contributed by atoms with van der Waals surface area (Å²) < 4.78 is 38.6. The fourth-order valence-corrected chi connectivity index (χ4v) is 4.66. The zero-order chi connectivity index (χ0) is 25.1. The third-order valence-electron chi connectivity index (χ3n) is 5.51. The zero-order valence-corrected chi connectivity index (χ0v) is 19.5. The molecule has 0 atom stereocenters. The van der Waals surface area contributed by atoms with Crippen LogP contribution in [0.4, 0.5) is 24.8 Å². The molecule has 3 aromatic carbocycles. The molecule has 5 aromatic rings. The zero-order valence-electron chi connectivity index (χ0n) is 18.7. The van der Waals surface area contributed by atoms with E-state index < -0.39 is 11.7 Å². The first-order valence-corrected chi connectivity index (χ1v) is 12.0. The summed E-state index contributed by atoms with van der Waals surface area (Å²) in [5.41, 5.74) is 2.41. The minimum atomic E-state index is -4.39. The number of aromatic amines is 1. The summed E-state index contributed by atoms with van der Waals surface area (Å²) in [4.78, 5) is 25.1. The third kappa shape index (κ3) is 5.26. The van der Waals surface area contributed by atoms with Crippen LogP contribution in [0.15, 0.2) is 101 Å². The fraction of sp³-hybridized carbons (Fsp3) is 0.0741. The summed E-state index contributed by atoms with van der Waals surface area (Å²) in [6.45, 7) is 0. The van der Waals surface area contributed by atoms with Crippen LogP contribution in [-0.2, 0) is 11.9 Å². The number of alkyl halides is 3. The van der Waals surface area contributed by atoms with Gasteiger partial charge in [-0.1, -0.05) is 42.5 Å². The van der Waals surface area contributed by atoms with E-state index in [9.17, 15) is 18.0 Å². The maximum absolute atomic E-state index is 12.9. The third-order valence-corrected chi connectivity index (χ3v) is 6.63. The molecule has 0 aliphatic carbocycles. The Balaban J connectivity index is 1.35. The molecule has 0 fully saturated rings. The molecule has 0 saturated carbocycles. The lowest BCUT2D eigenvalue weighted by atomic mass is 10.1. The van der Waals surface area contributed by atoms with Crippen LogP contribution in [0.5, 0.6) is 0 Å². The number of nitrogens with one attached hydrogen (secondary N) is 2. The van der Waals surface area contributed by atoms with E-state index in [0.717, 1.165) is 33.6 Å². The van der Waals surface area contributed by atoms with E-state index in [4.69, 9.17) is 0 Å². The standard InChI is InChI=1S/C27H19F3N4OS/c28-27(29,30)20-11-9-17(10-12-20)22-13-14-31-26(33-22)34-23-7-3-4-8-24(23)36-16-19-15-18-5-1-2-6-21(18)32-25(19)35/h1-15H,16H2,(H,32,35)(H,31,33,34).